The minimum Gasteiger partial charge on any atom is -0.390 e. The summed E-state index contributed by atoms with van der Waals surface area (Å²) in [7, 11) is 0. The lowest BCUT2D eigenvalue weighted by Gasteiger charge is -2.46. The van der Waals surface area contributed by atoms with Crippen LogP contribution < -0.4 is 11.1 Å². The number of carbonyl (C=O) groups excluding carboxylic acids is 1. The Morgan fingerprint density at radius 2 is 1.90 bits per heavy atom. The number of likely N-dealkylation sites (tertiary alicyclic amines) is 1. The Bertz CT molecular complexity index is 679. The second-order valence-corrected chi connectivity index (χ2v) is 11.2. The molecule has 0 bridgehead atoms. The van der Waals surface area contributed by atoms with Crippen molar-refractivity contribution in [1.82, 2.24) is 10.2 Å². The van der Waals surface area contributed by atoms with Crippen molar-refractivity contribution >= 4 is 17.7 Å². The van der Waals surface area contributed by atoms with E-state index in [9.17, 15) is 9.90 Å². The number of β-amino-alcohol motifs (C(OH)–C–C–N with tert-alkyl or cyclic N) is 1. The molecular formula is C24H39N3O2S. The van der Waals surface area contributed by atoms with Crippen molar-refractivity contribution < 1.29 is 9.90 Å². The molecule has 1 saturated carbocycles. The Kier molecular flexibility index (Phi) is 8.24. The third-order valence-electron chi connectivity index (χ3n) is 6.40. The van der Waals surface area contributed by atoms with Crippen LogP contribution in [0.2, 0.25) is 0 Å². The van der Waals surface area contributed by atoms with Gasteiger partial charge in [-0.1, -0.05) is 37.5 Å². The smallest absolute Gasteiger partial charge is 0.237 e. The lowest BCUT2D eigenvalue weighted by molar-refractivity contribution is -0.132. The zero-order chi connectivity index (χ0) is 21.7. The predicted molar refractivity (Wildman–Crippen MR) is 124 cm³/mol. The summed E-state index contributed by atoms with van der Waals surface area (Å²) < 4.78 is 0. The van der Waals surface area contributed by atoms with Crippen LogP contribution in [0.15, 0.2) is 35.2 Å². The molecule has 4 N–H and O–H groups in total. The number of nitrogens with one attached hydrogen (secondary N) is 1. The van der Waals surface area contributed by atoms with Gasteiger partial charge in [0.15, 0.2) is 0 Å². The minimum absolute atomic E-state index is 0.0888. The number of benzene rings is 1. The van der Waals surface area contributed by atoms with Gasteiger partial charge in [0.25, 0.3) is 0 Å². The van der Waals surface area contributed by atoms with Crippen LogP contribution in [0.3, 0.4) is 0 Å². The van der Waals surface area contributed by atoms with E-state index in [2.05, 4.69) is 22.3 Å². The first kappa shape index (κ1) is 23.6. The highest BCUT2D eigenvalue weighted by Crippen LogP contribution is 2.38. The molecule has 168 valence electrons. The van der Waals surface area contributed by atoms with Crippen molar-refractivity contribution in [2.75, 3.05) is 18.8 Å². The number of nitrogens with two attached hydrogens (primary N) is 1. The van der Waals surface area contributed by atoms with Crippen molar-refractivity contribution in [1.29, 1.82) is 0 Å². The number of nitrogens with zero attached hydrogens (tertiary/aromatic N) is 1. The molecule has 2 fully saturated rings. The number of aliphatic hydroxyl groups is 1. The Balaban J connectivity index is 1.62. The SMILES string of the molecule is CC(C)(C)NC(=O)[C@@H]1C[C@@H]2CCCC[C@@H]2CN1CC(O)[C@@H](N)CSc1ccccc1. The summed E-state index contributed by atoms with van der Waals surface area (Å²) >= 11 is 1.67. The fraction of sp³-hybridized carbons (Fsp3) is 0.708. The first-order valence-electron chi connectivity index (χ1n) is 11.4. The van der Waals surface area contributed by atoms with Gasteiger partial charge in [-0.25, -0.2) is 0 Å². The molecule has 2 aliphatic rings. The van der Waals surface area contributed by atoms with Crippen LogP contribution in [0.25, 0.3) is 0 Å². The predicted octanol–water partition coefficient (Wildman–Crippen LogP) is 3.26. The van der Waals surface area contributed by atoms with Crippen molar-refractivity contribution in [3.63, 3.8) is 0 Å². The summed E-state index contributed by atoms with van der Waals surface area (Å²) in [5.41, 5.74) is 6.08. The maximum absolute atomic E-state index is 13.1. The van der Waals surface area contributed by atoms with Crippen LogP contribution in [-0.4, -0.2) is 58.5 Å². The fourth-order valence-corrected chi connectivity index (χ4v) is 5.78. The molecule has 1 unspecified atom stereocenters. The molecule has 6 heteroatoms. The normalized spacial score (nSPS) is 27.2. The van der Waals surface area contributed by atoms with Crippen molar-refractivity contribution in [2.45, 2.75) is 81.5 Å². The lowest BCUT2D eigenvalue weighted by atomic mass is 9.72. The first-order chi connectivity index (χ1) is 14.2. The van der Waals surface area contributed by atoms with E-state index in [0.717, 1.165) is 17.9 Å². The van der Waals surface area contributed by atoms with Crippen LogP contribution in [0.1, 0.15) is 52.9 Å². The van der Waals surface area contributed by atoms with E-state index in [1.54, 1.807) is 11.8 Å². The summed E-state index contributed by atoms with van der Waals surface area (Å²) in [6, 6.07) is 9.64. The van der Waals surface area contributed by atoms with Crippen LogP contribution in [-0.2, 0) is 4.79 Å². The number of rotatable bonds is 7. The molecular weight excluding hydrogens is 394 g/mol. The standard InChI is InChI=1S/C24H39N3O2S/c1-24(2,3)26-23(29)21-13-17-9-7-8-10-18(17)14-27(21)15-22(28)20(25)16-30-19-11-5-4-6-12-19/h4-6,11-12,17-18,20-22,28H,7-10,13-16,25H2,1-3H3,(H,26,29)/t17-,18+,20-,21-,22?/m0/s1. The summed E-state index contributed by atoms with van der Waals surface area (Å²) in [4.78, 5) is 16.5. The fourth-order valence-electron chi connectivity index (χ4n) is 4.82. The second kappa shape index (κ2) is 10.5. The monoisotopic (exact) mass is 433 g/mol. The Labute approximate surface area is 186 Å². The number of hydrogen-bond donors (Lipinski definition) is 3. The average molecular weight is 434 g/mol. The van der Waals surface area contributed by atoms with Gasteiger partial charge in [-0.3, -0.25) is 9.69 Å². The van der Waals surface area contributed by atoms with Gasteiger partial charge in [0.2, 0.25) is 5.91 Å². The third kappa shape index (κ3) is 6.71. The topological polar surface area (TPSA) is 78.6 Å². The van der Waals surface area contributed by atoms with Gasteiger partial charge in [0.1, 0.15) is 0 Å². The van der Waals surface area contributed by atoms with E-state index >= 15 is 0 Å². The zero-order valence-electron chi connectivity index (χ0n) is 18.7. The quantitative estimate of drug-likeness (QED) is 0.575. The van der Waals surface area contributed by atoms with E-state index < -0.39 is 6.10 Å². The van der Waals surface area contributed by atoms with E-state index in [1.165, 1.54) is 25.7 Å². The van der Waals surface area contributed by atoms with E-state index in [0.29, 0.717) is 24.1 Å². The Morgan fingerprint density at radius 1 is 1.23 bits per heavy atom. The van der Waals surface area contributed by atoms with Gasteiger partial charge in [-0.05, 0) is 57.6 Å². The molecule has 0 aromatic heterocycles. The van der Waals surface area contributed by atoms with Gasteiger partial charge >= 0.3 is 0 Å². The van der Waals surface area contributed by atoms with Crippen LogP contribution in [0.4, 0.5) is 0 Å². The highest BCUT2D eigenvalue weighted by atomic mass is 32.2. The number of hydrogen-bond acceptors (Lipinski definition) is 5. The molecule has 5 atom stereocenters. The summed E-state index contributed by atoms with van der Waals surface area (Å²) in [5, 5.41) is 14.0. The third-order valence-corrected chi connectivity index (χ3v) is 7.56. The molecule has 1 aliphatic carbocycles. The number of thioether (sulfide) groups is 1. The lowest BCUT2D eigenvalue weighted by Crippen LogP contribution is -2.59. The maximum atomic E-state index is 13.1. The first-order valence-corrected chi connectivity index (χ1v) is 12.4. The van der Waals surface area contributed by atoms with Crippen LogP contribution >= 0.6 is 11.8 Å². The van der Waals surface area contributed by atoms with E-state index in [1.807, 2.05) is 39.0 Å². The van der Waals surface area contributed by atoms with Gasteiger partial charge < -0.3 is 16.2 Å². The number of carbonyl (C=O) groups is 1. The molecule has 3 rings (SSSR count). The summed E-state index contributed by atoms with van der Waals surface area (Å²) in [5.74, 6) is 2.01. The molecule has 30 heavy (non-hydrogen) atoms. The molecule has 1 saturated heterocycles. The van der Waals surface area contributed by atoms with Gasteiger partial charge in [-0.15, -0.1) is 11.8 Å². The summed E-state index contributed by atoms with van der Waals surface area (Å²) in [6.07, 6.45) is 5.27. The summed E-state index contributed by atoms with van der Waals surface area (Å²) in [6.45, 7) is 7.41. The number of amides is 1. The van der Waals surface area contributed by atoms with Crippen molar-refractivity contribution in [3.05, 3.63) is 30.3 Å². The van der Waals surface area contributed by atoms with Crippen molar-refractivity contribution in [2.24, 2.45) is 17.6 Å². The van der Waals surface area contributed by atoms with E-state index in [-0.39, 0.29) is 23.5 Å². The molecule has 1 aliphatic heterocycles. The zero-order valence-corrected chi connectivity index (χ0v) is 19.5. The highest BCUT2D eigenvalue weighted by molar-refractivity contribution is 7.99. The van der Waals surface area contributed by atoms with Gasteiger partial charge in [0.05, 0.1) is 12.1 Å². The number of aliphatic hydroxyl groups excluding tert-OH is 1. The van der Waals surface area contributed by atoms with Crippen molar-refractivity contribution in [3.8, 4) is 0 Å². The maximum Gasteiger partial charge on any atom is 0.237 e. The Hall–Kier alpha value is -1.08. The molecule has 0 radical (unpaired) electrons. The number of fused-ring (bicyclic) bond motifs is 1. The second-order valence-electron chi connectivity index (χ2n) is 10.1. The van der Waals surface area contributed by atoms with Gasteiger partial charge in [-0.2, -0.15) is 0 Å². The Morgan fingerprint density at radius 3 is 2.57 bits per heavy atom. The molecule has 5 nitrogen and oxygen atoms in total. The van der Waals surface area contributed by atoms with Gasteiger partial charge in [0, 0.05) is 35.3 Å². The minimum atomic E-state index is -0.647. The highest BCUT2D eigenvalue weighted by Gasteiger charge is 2.41. The molecule has 1 aromatic rings. The number of piperidine rings is 1. The largest absolute Gasteiger partial charge is 0.390 e. The average Bonchev–Trinajstić information content (AvgIpc) is 2.71. The van der Waals surface area contributed by atoms with E-state index in [4.69, 9.17) is 5.73 Å². The van der Waals surface area contributed by atoms with Crippen LogP contribution in [0, 0.1) is 11.8 Å². The van der Waals surface area contributed by atoms with Crippen LogP contribution in [0.5, 0.6) is 0 Å². The molecule has 1 amide bonds. The molecule has 1 aromatic carbocycles. The molecule has 0 spiro atoms. The molecule has 1 heterocycles.